The largest absolute Gasteiger partial charge is 4.00 e. The van der Waals surface area contributed by atoms with E-state index in [9.17, 15) is 20.4 Å². The maximum Gasteiger partial charge on any atom is 4.00 e. The second kappa shape index (κ2) is 29.0. The van der Waals surface area contributed by atoms with Crippen LogP contribution in [-0.4, -0.2) is 24.8 Å². The van der Waals surface area contributed by atoms with Gasteiger partial charge in [0.15, 0.2) is 0 Å². The molecule has 0 saturated carbocycles. The van der Waals surface area contributed by atoms with Crippen LogP contribution in [0.1, 0.15) is 181 Å². The first-order valence-corrected chi connectivity index (χ1v) is 16.2. The molecular formula is C32H62O5Ti. The molecule has 0 spiro atoms. The number of ether oxygens (including phenoxy) is 1. The van der Waals surface area contributed by atoms with Crippen molar-refractivity contribution in [2.24, 2.45) is 0 Å². The van der Waals surface area contributed by atoms with Crippen molar-refractivity contribution in [2.75, 3.05) is 13.2 Å². The minimum absolute atomic E-state index is 0. The quantitative estimate of drug-likeness (QED) is 0.0594. The maximum atomic E-state index is 12.0. The normalized spacial score (nSPS) is 12.2. The molecule has 0 aliphatic heterocycles. The van der Waals surface area contributed by atoms with Crippen molar-refractivity contribution >= 4 is 0 Å². The number of hydrogen-bond donors (Lipinski definition) is 0. The predicted octanol–water partition coefficient (Wildman–Crippen LogP) is 6.02. The summed E-state index contributed by atoms with van der Waals surface area (Å²) in [6.07, 6.45) is 24.2. The van der Waals surface area contributed by atoms with E-state index in [1.807, 2.05) is 0 Å². The first kappa shape index (κ1) is 40.7. The predicted molar refractivity (Wildman–Crippen MR) is 148 cm³/mol. The fourth-order valence-electron chi connectivity index (χ4n) is 4.96. The fraction of sp³-hybridized carbons (Fsp3) is 1.00. The van der Waals surface area contributed by atoms with Crippen LogP contribution in [0.5, 0.6) is 0 Å². The summed E-state index contributed by atoms with van der Waals surface area (Å²) in [5, 5.41) is 48.1. The van der Waals surface area contributed by atoms with Crippen LogP contribution in [0.25, 0.3) is 0 Å². The van der Waals surface area contributed by atoms with Crippen LogP contribution >= 0.6 is 0 Å². The van der Waals surface area contributed by atoms with Crippen molar-refractivity contribution in [1.82, 2.24) is 0 Å². The number of hydrogen-bond acceptors (Lipinski definition) is 5. The molecule has 0 atom stereocenters. The van der Waals surface area contributed by atoms with E-state index in [2.05, 4.69) is 13.8 Å². The molecule has 5 nitrogen and oxygen atoms in total. The maximum absolute atomic E-state index is 12.0. The third kappa shape index (κ3) is 31.0. The van der Waals surface area contributed by atoms with E-state index in [-0.39, 0.29) is 47.4 Å². The van der Waals surface area contributed by atoms with Crippen molar-refractivity contribution in [3.8, 4) is 0 Å². The van der Waals surface area contributed by atoms with Gasteiger partial charge in [0.2, 0.25) is 0 Å². The number of unbranched alkanes of at least 4 members (excludes halogenated alkanes) is 18. The van der Waals surface area contributed by atoms with Gasteiger partial charge in [0.1, 0.15) is 0 Å². The summed E-state index contributed by atoms with van der Waals surface area (Å²) in [7, 11) is 0. The second-order valence-corrected chi connectivity index (χ2v) is 11.5. The van der Waals surface area contributed by atoms with Crippen LogP contribution in [0.15, 0.2) is 0 Å². The molecule has 0 aromatic carbocycles. The summed E-state index contributed by atoms with van der Waals surface area (Å²) in [5.41, 5.74) is 0. The molecule has 6 heteroatoms. The van der Waals surface area contributed by atoms with E-state index in [1.165, 1.54) is 38.5 Å². The molecule has 0 amide bonds. The van der Waals surface area contributed by atoms with Gasteiger partial charge < -0.3 is 25.2 Å². The van der Waals surface area contributed by atoms with Crippen molar-refractivity contribution in [3.63, 3.8) is 0 Å². The van der Waals surface area contributed by atoms with E-state index in [4.69, 9.17) is 4.74 Å². The molecule has 0 rings (SSSR count). The molecule has 38 heavy (non-hydrogen) atoms. The smallest absolute Gasteiger partial charge is 0.863 e. The van der Waals surface area contributed by atoms with Crippen molar-refractivity contribution in [1.29, 1.82) is 0 Å². The summed E-state index contributed by atoms with van der Waals surface area (Å²) >= 11 is 0. The van der Waals surface area contributed by atoms with Gasteiger partial charge in [-0.05, 0) is 12.8 Å². The first-order chi connectivity index (χ1) is 17.8. The van der Waals surface area contributed by atoms with Gasteiger partial charge >= 0.3 is 21.7 Å². The van der Waals surface area contributed by atoms with Gasteiger partial charge in [-0.3, -0.25) is 0 Å². The molecule has 0 aliphatic carbocycles. The molecular weight excluding hydrogens is 512 g/mol. The van der Waals surface area contributed by atoms with Crippen LogP contribution in [0.4, 0.5) is 0 Å². The van der Waals surface area contributed by atoms with Crippen molar-refractivity contribution in [2.45, 2.75) is 192 Å². The van der Waals surface area contributed by atoms with Crippen molar-refractivity contribution < 1.29 is 46.9 Å². The summed E-state index contributed by atoms with van der Waals surface area (Å²) in [6, 6.07) is 0. The molecule has 0 unspecified atom stereocenters. The Kier molecular flexibility index (Phi) is 31.0. The molecule has 0 radical (unpaired) electrons. The molecule has 0 N–H and O–H groups in total. The number of rotatable bonds is 30. The first-order valence-electron chi connectivity index (χ1n) is 16.2. The summed E-state index contributed by atoms with van der Waals surface area (Å²) in [5.74, 6) is -3.96. The molecule has 0 aromatic heterocycles. The Morgan fingerprint density at radius 2 is 0.605 bits per heavy atom. The molecule has 0 heterocycles. The van der Waals surface area contributed by atoms with E-state index < -0.39 is 11.6 Å². The van der Waals surface area contributed by atoms with Crippen LogP contribution in [0.3, 0.4) is 0 Å². The zero-order chi connectivity index (χ0) is 27.5. The molecule has 0 aromatic rings. The standard InChI is InChI=1S/C32H62O5.Ti/c1-3-5-7-9-13-19-25-31(33,34)27-21-15-11-17-23-29-37-30-24-18-12-16-22-28-32(35,36)26-20-14-10-8-6-4-2;/h3-30H2,1-2H3;/q-4;+4. The molecule has 224 valence electrons. The SMILES string of the molecule is CCCCCCCCC([O-])([O-])CCCCCCCOCCCCCCCC([O-])([O-])CCCCCCCC.[Ti+4]. The van der Waals surface area contributed by atoms with Gasteiger partial charge in [0, 0.05) is 13.2 Å². The van der Waals surface area contributed by atoms with Gasteiger partial charge in [-0.1, -0.05) is 168 Å². The second-order valence-electron chi connectivity index (χ2n) is 11.5. The Bertz CT molecular complexity index is 419. The third-order valence-electron chi connectivity index (χ3n) is 7.52. The Labute approximate surface area is 251 Å². The molecule has 0 aliphatic rings. The van der Waals surface area contributed by atoms with Gasteiger partial charge in [0.05, 0.1) is 0 Å². The van der Waals surface area contributed by atoms with E-state index in [1.54, 1.807) is 0 Å². The topological polar surface area (TPSA) is 101 Å². The van der Waals surface area contributed by atoms with Crippen LogP contribution in [0.2, 0.25) is 0 Å². The molecule has 0 saturated heterocycles. The fourth-order valence-corrected chi connectivity index (χ4v) is 4.96. The van der Waals surface area contributed by atoms with Gasteiger partial charge in [-0.25, -0.2) is 11.6 Å². The van der Waals surface area contributed by atoms with E-state index >= 15 is 0 Å². The van der Waals surface area contributed by atoms with Crippen LogP contribution in [-0.2, 0) is 26.5 Å². The zero-order valence-electron chi connectivity index (χ0n) is 25.3. The Morgan fingerprint density at radius 1 is 0.368 bits per heavy atom. The van der Waals surface area contributed by atoms with Crippen LogP contribution in [0, 0.1) is 0 Å². The average Bonchev–Trinajstić information content (AvgIpc) is 2.85. The Hall–Kier alpha value is 0.514. The van der Waals surface area contributed by atoms with Gasteiger partial charge in [-0.15, -0.1) is 0 Å². The third-order valence-corrected chi connectivity index (χ3v) is 7.52. The van der Waals surface area contributed by atoms with Gasteiger partial charge in [-0.2, -0.15) is 0 Å². The van der Waals surface area contributed by atoms with Crippen LogP contribution < -0.4 is 20.4 Å². The van der Waals surface area contributed by atoms with E-state index in [0.717, 1.165) is 116 Å². The Balaban J connectivity index is 0. The zero-order valence-corrected chi connectivity index (χ0v) is 26.9. The summed E-state index contributed by atoms with van der Waals surface area (Å²) < 4.78 is 5.71. The minimum atomic E-state index is -1.98. The minimum Gasteiger partial charge on any atom is -0.863 e. The Morgan fingerprint density at radius 3 is 0.895 bits per heavy atom. The van der Waals surface area contributed by atoms with E-state index in [0.29, 0.717) is 0 Å². The summed E-state index contributed by atoms with van der Waals surface area (Å²) in [6.45, 7) is 5.93. The monoisotopic (exact) mass is 574 g/mol. The summed E-state index contributed by atoms with van der Waals surface area (Å²) in [4.78, 5) is 0. The average molecular weight is 575 g/mol. The molecule has 0 bridgehead atoms. The molecule has 0 fully saturated rings. The van der Waals surface area contributed by atoms with Crippen molar-refractivity contribution in [3.05, 3.63) is 0 Å². The van der Waals surface area contributed by atoms with Gasteiger partial charge in [0.25, 0.3) is 0 Å².